The summed E-state index contributed by atoms with van der Waals surface area (Å²) in [6.45, 7) is 8.92. The number of carbonyl (C=O) groups excluding carboxylic acids is 1. The molecule has 15 heavy (non-hydrogen) atoms. The molecule has 0 aromatic heterocycles. The molecule has 0 N–H and O–H groups in total. The number of nitrogens with zero attached hydrogens (tertiary/aromatic N) is 2. The highest BCUT2D eigenvalue weighted by molar-refractivity contribution is 5.80. The Labute approximate surface area is 94.4 Å². The van der Waals surface area contributed by atoms with Crippen LogP contribution in [-0.2, 0) is 4.79 Å². The second kappa shape index (κ2) is 7.83. The van der Waals surface area contributed by atoms with Crippen molar-refractivity contribution in [1.82, 2.24) is 9.80 Å². The second-order valence-electron chi connectivity index (χ2n) is 4.46. The summed E-state index contributed by atoms with van der Waals surface area (Å²) in [6, 6.07) is 0.450. The largest absolute Gasteiger partial charge is 0.308 e. The first-order valence-electron chi connectivity index (χ1n) is 5.91. The van der Waals surface area contributed by atoms with Gasteiger partial charge >= 0.3 is 0 Å². The van der Waals surface area contributed by atoms with Crippen molar-refractivity contribution in [2.75, 3.05) is 33.7 Å². The summed E-state index contributed by atoms with van der Waals surface area (Å²) in [4.78, 5) is 16.0. The fourth-order valence-corrected chi connectivity index (χ4v) is 1.81. The molecule has 0 amide bonds. The van der Waals surface area contributed by atoms with Crippen molar-refractivity contribution in [3.05, 3.63) is 0 Å². The molecule has 0 rings (SSSR count). The monoisotopic (exact) mass is 214 g/mol. The van der Waals surface area contributed by atoms with Crippen molar-refractivity contribution < 1.29 is 4.79 Å². The molecule has 0 aliphatic carbocycles. The average Bonchev–Trinajstić information content (AvgIpc) is 2.13. The number of rotatable bonds is 8. The van der Waals surface area contributed by atoms with Gasteiger partial charge in [-0.3, -0.25) is 9.69 Å². The van der Waals surface area contributed by atoms with Crippen LogP contribution < -0.4 is 0 Å². The molecule has 3 heteroatoms. The topological polar surface area (TPSA) is 23.6 Å². The Morgan fingerprint density at radius 3 is 2.27 bits per heavy atom. The van der Waals surface area contributed by atoms with Gasteiger partial charge in [-0.25, -0.2) is 0 Å². The molecule has 90 valence electrons. The number of Topliss-reactive ketones (excluding diaryl/α,β-unsaturated/α-hetero) is 1. The van der Waals surface area contributed by atoms with E-state index in [9.17, 15) is 4.79 Å². The number of hydrogen-bond donors (Lipinski definition) is 0. The third-order valence-electron chi connectivity index (χ3n) is 2.57. The summed E-state index contributed by atoms with van der Waals surface area (Å²) >= 11 is 0. The maximum Gasteiger partial charge on any atom is 0.146 e. The van der Waals surface area contributed by atoms with Crippen LogP contribution in [0.3, 0.4) is 0 Å². The number of carbonyl (C=O) groups is 1. The minimum absolute atomic E-state index is 0.366. The average molecular weight is 214 g/mol. The minimum atomic E-state index is 0.366. The van der Waals surface area contributed by atoms with Crippen LogP contribution in [0.5, 0.6) is 0 Å². The van der Waals surface area contributed by atoms with Crippen molar-refractivity contribution >= 4 is 5.78 Å². The van der Waals surface area contributed by atoms with E-state index in [2.05, 4.69) is 44.7 Å². The van der Waals surface area contributed by atoms with Gasteiger partial charge in [0.15, 0.2) is 0 Å². The maximum atomic E-state index is 11.5. The molecule has 0 saturated heterocycles. The minimum Gasteiger partial charge on any atom is -0.308 e. The molecule has 1 unspecified atom stereocenters. The highest BCUT2D eigenvalue weighted by Gasteiger charge is 2.15. The van der Waals surface area contributed by atoms with Gasteiger partial charge in [0, 0.05) is 19.0 Å². The summed E-state index contributed by atoms with van der Waals surface area (Å²) in [7, 11) is 4.14. The van der Waals surface area contributed by atoms with Crippen LogP contribution in [0.1, 0.15) is 33.6 Å². The molecule has 0 spiro atoms. The number of likely N-dealkylation sites (N-methyl/N-ethyl adjacent to an activating group) is 2. The molecule has 0 radical (unpaired) electrons. The van der Waals surface area contributed by atoms with Gasteiger partial charge in [-0.2, -0.15) is 0 Å². The van der Waals surface area contributed by atoms with Crippen LogP contribution in [0.4, 0.5) is 0 Å². The second-order valence-corrected chi connectivity index (χ2v) is 4.46. The molecule has 1 atom stereocenters. The lowest BCUT2D eigenvalue weighted by Crippen LogP contribution is -2.42. The van der Waals surface area contributed by atoms with E-state index in [0.29, 0.717) is 24.8 Å². The summed E-state index contributed by atoms with van der Waals surface area (Å²) < 4.78 is 0. The van der Waals surface area contributed by atoms with E-state index in [4.69, 9.17) is 0 Å². The molecule has 0 saturated carbocycles. The Hall–Kier alpha value is -0.410. The normalized spacial score (nSPS) is 13.5. The van der Waals surface area contributed by atoms with Crippen LogP contribution in [-0.4, -0.2) is 55.4 Å². The Bertz CT molecular complexity index is 180. The molecule has 0 aliphatic heterocycles. The fourth-order valence-electron chi connectivity index (χ4n) is 1.81. The molecule has 0 bridgehead atoms. The molecular weight excluding hydrogens is 188 g/mol. The van der Waals surface area contributed by atoms with E-state index in [1.807, 2.05) is 0 Å². The Morgan fingerprint density at radius 2 is 1.87 bits per heavy atom. The van der Waals surface area contributed by atoms with E-state index in [1.165, 1.54) is 0 Å². The maximum absolute atomic E-state index is 11.5. The molecule has 0 aliphatic rings. The number of hydrogen-bond acceptors (Lipinski definition) is 3. The fraction of sp³-hybridized carbons (Fsp3) is 0.917. The smallest absolute Gasteiger partial charge is 0.146 e. The summed E-state index contributed by atoms with van der Waals surface area (Å²) in [5, 5.41) is 0. The molecule has 0 fully saturated rings. The van der Waals surface area contributed by atoms with Crippen molar-refractivity contribution in [1.29, 1.82) is 0 Å². The highest BCUT2D eigenvalue weighted by Crippen LogP contribution is 2.02. The zero-order valence-corrected chi connectivity index (χ0v) is 10.9. The third-order valence-corrected chi connectivity index (χ3v) is 2.57. The summed E-state index contributed by atoms with van der Waals surface area (Å²) in [6.07, 6.45) is 1.67. The predicted molar refractivity (Wildman–Crippen MR) is 65.2 cm³/mol. The van der Waals surface area contributed by atoms with Crippen LogP contribution in [0.2, 0.25) is 0 Å². The van der Waals surface area contributed by atoms with Crippen molar-refractivity contribution in [3.8, 4) is 0 Å². The Morgan fingerprint density at radius 1 is 1.27 bits per heavy atom. The zero-order valence-electron chi connectivity index (χ0n) is 10.9. The third kappa shape index (κ3) is 6.63. The lowest BCUT2D eigenvalue weighted by atomic mass is 10.2. The first-order chi connectivity index (χ1) is 7.01. The zero-order chi connectivity index (χ0) is 11.8. The van der Waals surface area contributed by atoms with Gasteiger partial charge in [0.25, 0.3) is 0 Å². The number of ketones is 1. The van der Waals surface area contributed by atoms with Gasteiger partial charge in [-0.1, -0.05) is 13.8 Å². The van der Waals surface area contributed by atoms with Crippen molar-refractivity contribution in [2.45, 2.75) is 39.7 Å². The molecule has 0 heterocycles. The lowest BCUT2D eigenvalue weighted by molar-refractivity contribution is -0.120. The van der Waals surface area contributed by atoms with E-state index in [1.54, 1.807) is 0 Å². The van der Waals surface area contributed by atoms with E-state index in [0.717, 1.165) is 19.5 Å². The first kappa shape index (κ1) is 14.6. The van der Waals surface area contributed by atoms with Crippen LogP contribution in [0.25, 0.3) is 0 Å². The van der Waals surface area contributed by atoms with Crippen molar-refractivity contribution in [3.63, 3.8) is 0 Å². The van der Waals surface area contributed by atoms with Gasteiger partial charge in [0.2, 0.25) is 0 Å². The van der Waals surface area contributed by atoms with Crippen molar-refractivity contribution in [2.24, 2.45) is 0 Å². The van der Waals surface area contributed by atoms with Gasteiger partial charge in [0.05, 0.1) is 6.54 Å². The lowest BCUT2D eigenvalue weighted by Gasteiger charge is -2.29. The summed E-state index contributed by atoms with van der Waals surface area (Å²) in [5.74, 6) is 0.366. The van der Waals surface area contributed by atoms with Gasteiger partial charge in [0.1, 0.15) is 5.78 Å². The first-order valence-corrected chi connectivity index (χ1v) is 5.91. The summed E-state index contributed by atoms with van der Waals surface area (Å²) in [5.41, 5.74) is 0. The van der Waals surface area contributed by atoms with Gasteiger partial charge in [-0.15, -0.1) is 0 Å². The van der Waals surface area contributed by atoms with E-state index < -0.39 is 0 Å². The van der Waals surface area contributed by atoms with Gasteiger partial charge in [-0.05, 0) is 34.0 Å². The standard InChI is InChI=1S/C12H26N2O/c1-6-8-12(15)10-14(7-2)11(3)9-13(4)5/h11H,6-10H2,1-5H3. The van der Waals surface area contributed by atoms with E-state index in [-0.39, 0.29) is 0 Å². The van der Waals surface area contributed by atoms with E-state index >= 15 is 0 Å². The Kier molecular flexibility index (Phi) is 7.61. The van der Waals surface area contributed by atoms with Gasteiger partial charge < -0.3 is 4.90 Å². The predicted octanol–water partition coefficient (Wildman–Crippen LogP) is 1.63. The van der Waals surface area contributed by atoms with Crippen LogP contribution in [0, 0.1) is 0 Å². The quantitative estimate of drug-likeness (QED) is 0.613. The molecule has 0 aromatic carbocycles. The molecule has 3 nitrogen and oxygen atoms in total. The van der Waals surface area contributed by atoms with Crippen LogP contribution >= 0.6 is 0 Å². The molecule has 0 aromatic rings. The SMILES string of the molecule is CCCC(=O)CN(CC)C(C)CN(C)C. The molecular formula is C12H26N2O. The van der Waals surface area contributed by atoms with Crippen LogP contribution in [0.15, 0.2) is 0 Å². The Balaban J connectivity index is 4.05. The highest BCUT2D eigenvalue weighted by atomic mass is 16.1.